The number of methoxy groups -OCH3 is 1. The third-order valence-corrected chi connectivity index (χ3v) is 9.16. The van der Waals surface area contributed by atoms with E-state index in [4.69, 9.17) is 14.2 Å². The fourth-order valence-electron chi connectivity index (χ4n) is 8.32. The number of esters is 1. The fraction of sp³-hybridized carbons (Fsp3) is 0.636. The maximum absolute atomic E-state index is 14.0. The van der Waals surface area contributed by atoms with Gasteiger partial charge in [-0.15, -0.1) is 0 Å². The van der Waals surface area contributed by atoms with Gasteiger partial charge >= 0.3 is 5.97 Å². The van der Waals surface area contributed by atoms with Crippen LogP contribution in [0.1, 0.15) is 37.7 Å². The Balaban J connectivity index is 1.59. The Hall–Kier alpha value is -2.32. The number of hydrogen-bond acceptors (Lipinski definition) is 8. The van der Waals surface area contributed by atoms with Crippen LogP contribution in [-0.2, 0) is 19.7 Å². The lowest BCUT2D eigenvalue weighted by molar-refractivity contribution is -0.214. The van der Waals surface area contributed by atoms with Crippen LogP contribution in [-0.4, -0.2) is 65.9 Å². The van der Waals surface area contributed by atoms with Gasteiger partial charge in [0.2, 0.25) is 12.4 Å². The van der Waals surface area contributed by atoms with E-state index in [0.29, 0.717) is 30.8 Å². The number of rotatable bonds is 1. The number of aliphatic hydroxyl groups is 1. The monoisotopic (exact) mass is 412 g/mol. The van der Waals surface area contributed by atoms with Gasteiger partial charge in [0.1, 0.15) is 0 Å². The third kappa shape index (κ3) is 1.40. The van der Waals surface area contributed by atoms with Crippen LogP contribution in [0.3, 0.4) is 0 Å². The highest BCUT2D eigenvalue weighted by Gasteiger charge is 2.88. The van der Waals surface area contributed by atoms with Crippen molar-refractivity contribution >= 4 is 17.4 Å². The molecule has 0 amide bonds. The summed E-state index contributed by atoms with van der Waals surface area (Å²) in [6.45, 7) is 1.91. The van der Waals surface area contributed by atoms with E-state index in [0.717, 1.165) is 37.2 Å². The molecule has 3 spiro atoms. The number of anilines is 1. The first-order valence-electron chi connectivity index (χ1n) is 10.8. The Bertz CT molecular complexity index is 1040. The first kappa shape index (κ1) is 17.4. The summed E-state index contributed by atoms with van der Waals surface area (Å²) in [4.78, 5) is 29.6. The van der Waals surface area contributed by atoms with Gasteiger partial charge in [-0.3, -0.25) is 9.69 Å². The minimum absolute atomic E-state index is 0.0425. The van der Waals surface area contributed by atoms with E-state index in [9.17, 15) is 14.7 Å². The number of carbonyl (C=O) groups is 2. The number of hydrogen-bond donors (Lipinski definition) is 2. The van der Waals surface area contributed by atoms with Crippen molar-refractivity contribution < 1.29 is 28.9 Å². The van der Waals surface area contributed by atoms with Crippen LogP contribution in [0.25, 0.3) is 0 Å². The zero-order valence-corrected chi connectivity index (χ0v) is 16.8. The standard InChI is InChI=1S/C22H24N2O6/c1-28-18(26)22(27)17(25)19-5-2-9-24-10-8-20(16(19)24)12-3-4-13-15(30-11-29-13)14(12)23-21(20,22)7-6-19/h3-4,16,23,27H,2,5-11H2,1H3/t16-,19?,20+,21?,22+/m0/s1. The molecule has 2 N–H and O–H groups in total. The maximum atomic E-state index is 14.0. The molecule has 3 aliphatic carbocycles. The predicted octanol–water partition coefficient (Wildman–Crippen LogP) is 0.952. The maximum Gasteiger partial charge on any atom is 0.348 e. The number of fused-ring (bicyclic) bond motifs is 5. The van der Waals surface area contributed by atoms with E-state index in [-0.39, 0.29) is 18.6 Å². The molecule has 1 aromatic carbocycles. The number of nitrogens with one attached hydrogen (secondary N) is 1. The largest absolute Gasteiger partial charge is 0.466 e. The molecule has 2 saturated heterocycles. The summed E-state index contributed by atoms with van der Waals surface area (Å²) in [6.07, 6.45) is 3.55. The molecule has 30 heavy (non-hydrogen) atoms. The molecule has 8 heteroatoms. The number of ether oxygens (including phenoxy) is 3. The number of benzene rings is 1. The Morgan fingerprint density at radius 3 is 2.93 bits per heavy atom. The van der Waals surface area contributed by atoms with Crippen molar-refractivity contribution in [2.75, 3.05) is 32.3 Å². The molecule has 0 radical (unpaired) electrons. The third-order valence-electron chi connectivity index (χ3n) is 9.16. The first-order chi connectivity index (χ1) is 14.5. The van der Waals surface area contributed by atoms with Crippen LogP contribution in [0, 0.1) is 5.41 Å². The average molecular weight is 412 g/mol. The molecular weight excluding hydrogens is 388 g/mol. The second kappa shape index (κ2) is 4.94. The summed E-state index contributed by atoms with van der Waals surface area (Å²) < 4.78 is 16.4. The van der Waals surface area contributed by atoms with Gasteiger partial charge in [-0.25, -0.2) is 4.79 Å². The van der Waals surface area contributed by atoms with Gasteiger partial charge in [0.05, 0.1) is 18.3 Å². The summed E-state index contributed by atoms with van der Waals surface area (Å²) in [7, 11) is 1.24. The highest BCUT2D eigenvalue weighted by molar-refractivity contribution is 6.15. The number of Topliss-reactive ketones (excluding diaryl/α,β-unsaturated/α-hetero) is 1. The number of nitrogens with zero attached hydrogens (tertiary/aromatic N) is 1. The lowest BCUT2D eigenvalue weighted by Gasteiger charge is -2.69. The first-order valence-corrected chi connectivity index (χ1v) is 10.8. The van der Waals surface area contributed by atoms with Crippen molar-refractivity contribution in [3.05, 3.63) is 17.7 Å². The van der Waals surface area contributed by atoms with Crippen LogP contribution < -0.4 is 14.8 Å². The molecule has 7 aliphatic rings. The SMILES string of the molecule is COC(=O)[C@]1(O)C(=O)C23CCCN4CC[C@@]5(c6ccc7c(c6NC15CC2)OCO7)[C@@H]43. The van der Waals surface area contributed by atoms with Gasteiger partial charge in [-0.05, 0) is 56.8 Å². The Morgan fingerprint density at radius 2 is 2.10 bits per heavy atom. The zero-order valence-electron chi connectivity index (χ0n) is 16.8. The molecule has 0 aromatic heterocycles. The molecule has 4 aliphatic heterocycles. The molecule has 8 rings (SSSR count). The minimum Gasteiger partial charge on any atom is -0.466 e. The van der Waals surface area contributed by atoms with Crippen molar-refractivity contribution in [2.24, 2.45) is 5.41 Å². The second-order valence-electron chi connectivity index (χ2n) is 9.70. The molecular formula is C22H24N2O6. The van der Waals surface area contributed by atoms with Gasteiger partial charge in [-0.2, -0.15) is 0 Å². The molecule has 1 aromatic rings. The summed E-state index contributed by atoms with van der Waals surface area (Å²) in [5.74, 6) is 0.0254. The second-order valence-corrected chi connectivity index (χ2v) is 9.70. The molecule has 5 fully saturated rings. The summed E-state index contributed by atoms with van der Waals surface area (Å²) in [5, 5.41) is 15.6. The van der Waals surface area contributed by atoms with Crippen LogP contribution >= 0.6 is 0 Å². The van der Waals surface area contributed by atoms with Crippen LogP contribution in [0.2, 0.25) is 0 Å². The van der Waals surface area contributed by atoms with E-state index in [2.05, 4.69) is 10.2 Å². The molecule has 8 nitrogen and oxygen atoms in total. The molecule has 2 bridgehead atoms. The van der Waals surface area contributed by atoms with Crippen molar-refractivity contribution in [1.82, 2.24) is 4.90 Å². The van der Waals surface area contributed by atoms with Gasteiger partial charge in [0.15, 0.2) is 17.3 Å². The number of ketones is 1. The Morgan fingerprint density at radius 1 is 1.23 bits per heavy atom. The minimum atomic E-state index is -2.24. The summed E-state index contributed by atoms with van der Waals surface area (Å²) >= 11 is 0. The quantitative estimate of drug-likeness (QED) is 0.520. The number of carbonyl (C=O) groups excluding carboxylic acids is 2. The highest BCUT2D eigenvalue weighted by atomic mass is 16.7. The smallest absolute Gasteiger partial charge is 0.348 e. The van der Waals surface area contributed by atoms with Gasteiger partial charge in [-0.1, -0.05) is 6.07 Å². The van der Waals surface area contributed by atoms with Gasteiger partial charge < -0.3 is 24.6 Å². The van der Waals surface area contributed by atoms with Gasteiger partial charge in [0, 0.05) is 16.9 Å². The lowest BCUT2D eigenvalue weighted by atomic mass is 9.37. The van der Waals surface area contributed by atoms with E-state index >= 15 is 0 Å². The zero-order chi connectivity index (χ0) is 20.5. The molecule has 4 heterocycles. The predicted molar refractivity (Wildman–Crippen MR) is 103 cm³/mol. The highest BCUT2D eigenvalue weighted by Crippen LogP contribution is 2.75. The Kier molecular flexibility index (Phi) is 2.86. The van der Waals surface area contributed by atoms with Gasteiger partial charge in [0.25, 0.3) is 0 Å². The van der Waals surface area contributed by atoms with E-state index in [1.165, 1.54) is 7.11 Å². The van der Waals surface area contributed by atoms with Crippen molar-refractivity contribution in [2.45, 2.75) is 54.7 Å². The van der Waals surface area contributed by atoms with Crippen molar-refractivity contribution in [3.63, 3.8) is 0 Å². The van der Waals surface area contributed by atoms with Crippen molar-refractivity contribution in [3.8, 4) is 11.5 Å². The lowest BCUT2D eigenvalue weighted by Crippen LogP contribution is -2.87. The summed E-state index contributed by atoms with van der Waals surface area (Å²) in [5.41, 5.74) is -2.93. The average Bonchev–Trinajstić information content (AvgIpc) is 3.47. The van der Waals surface area contributed by atoms with Crippen molar-refractivity contribution in [1.29, 1.82) is 0 Å². The van der Waals surface area contributed by atoms with Crippen LogP contribution in [0.15, 0.2) is 12.1 Å². The Labute approximate surface area is 173 Å². The topological polar surface area (TPSA) is 97.3 Å². The summed E-state index contributed by atoms with van der Waals surface area (Å²) in [6, 6.07) is 3.91. The molecule has 2 unspecified atom stereocenters. The number of piperidine rings is 1. The van der Waals surface area contributed by atoms with E-state index in [1.807, 2.05) is 12.1 Å². The molecule has 5 atom stereocenters. The fourth-order valence-corrected chi connectivity index (χ4v) is 8.32. The molecule has 3 saturated carbocycles. The van der Waals surface area contributed by atoms with E-state index < -0.39 is 27.9 Å². The van der Waals surface area contributed by atoms with E-state index in [1.54, 1.807) is 0 Å². The van der Waals surface area contributed by atoms with Crippen LogP contribution in [0.4, 0.5) is 5.69 Å². The molecule has 158 valence electrons. The normalized spacial score (nSPS) is 44.3. The van der Waals surface area contributed by atoms with Crippen LogP contribution in [0.5, 0.6) is 11.5 Å².